The zero-order valence-corrected chi connectivity index (χ0v) is 21.3. The lowest BCUT2D eigenvalue weighted by Gasteiger charge is -2.37. The molecule has 0 spiro atoms. The van der Waals surface area contributed by atoms with E-state index in [1.54, 1.807) is 39.4 Å². The van der Waals surface area contributed by atoms with Crippen molar-refractivity contribution in [1.82, 2.24) is 4.90 Å². The maximum atomic E-state index is 13.8. The molecule has 1 amide bonds. The number of ether oxygens (including phenoxy) is 5. The molecule has 0 saturated carbocycles. The van der Waals surface area contributed by atoms with Crippen LogP contribution in [0.4, 0.5) is 0 Å². The third-order valence-electron chi connectivity index (χ3n) is 6.67. The van der Waals surface area contributed by atoms with E-state index in [0.717, 1.165) is 22.3 Å². The van der Waals surface area contributed by atoms with E-state index in [1.165, 1.54) is 0 Å². The second-order valence-electron chi connectivity index (χ2n) is 8.65. The Morgan fingerprint density at radius 3 is 2.27 bits per heavy atom. The van der Waals surface area contributed by atoms with E-state index in [-0.39, 0.29) is 24.3 Å². The molecule has 0 N–H and O–H groups in total. The molecule has 4 aromatic rings. The molecule has 8 nitrogen and oxygen atoms in total. The highest BCUT2D eigenvalue weighted by atomic mass is 16.5. The number of carbonyl (C=O) groups is 1. The maximum absolute atomic E-state index is 13.8. The first-order valence-electron chi connectivity index (χ1n) is 12.0. The topological polar surface area (TPSA) is 79.6 Å². The molecule has 1 unspecified atom stereocenters. The summed E-state index contributed by atoms with van der Waals surface area (Å²) in [6, 6.07) is 18.2. The highest BCUT2D eigenvalue weighted by Gasteiger charge is 2.35. The third-order valence-corrected chi connectivity index (χ3v) is 6.67. The van der Waals surface area contributed by atoms with E-state index in [0.29, 0.717) is 41.5 Å². The third kappa shape index (κ3) is 4.62. The van der Waals surface area contributed by atoms with Gasteiger partial charge in [-0.25, -0.2) is 0 Å². The fourth-order valence-electron chi connectivity index (χ4n) is 4.74. The Bertz CT molecular complexity index is 1410. The van der Waals surface area contributed by atoms with Crippen molar-refractivity contribution in [2.24, 2.45) is 0 Å². The molecule has 192 valence electrons. The Kier molecular flexibility index (Phi) is 6.81. The van der Waals surface area contributed by atoms with Gasteiger partial charge in [0.1, 0.15) is 18.1 Å². The molecule has 0 aliphatic carbocycles. The van der Waals surface area contributed by atoms with Crippen LogP contribution in [0.2, 0.25) is 0 Å². The van der Waals surface area contributed by atoms with Crippen LogP contribution in [0, 0.1) is 0 Å². The zero-order chi connectivity index (χ0) is 25.9. The molecule has 37 heavy (non-hydrogen) atoms. The lowest BCUT2D eigenvalue weighted by molar-refractivity contribution is 0.0560. The first kappa shape index (κ1) is 24.4. The van der Waals surface area contributed by atoms with E-state index in [2.05, 4.69) is 0 Å². The Balaban J connectivity index is 1.51. The molecule has 8 heteroatoms. The van der Waals surface area contributed by atoms with Crippen molar-refractivity contribution < 1.29 is 32.9 Å². The largest absolute Gasteiger partial charge is 0.497 e. The first-order chi connectivity index (χ1) is 18.1. The average Bonchev–Trinajstić information content (AvgIpc) is 3.39. The standard InChI is InChI=1S/C29H29NO7/c1-32-20-8-10-21(11-9-20)36-17-23-22-16-26(35-4)25(34-3)14-18(22)12-13-30(23)29(31)27-15-19-6-5-7-24(33-2)28(19)37-27/h5-11,14-16,23H,12-13,17H2,1-4H3. The Morgan fingerprint density at radius 1 is 0.865 bits per heavy atom. The number of hydrogen-bond acceptors (Lipinski definition) is 7. The van der Waals surface area contributed by atoms with Gasteiger partial charge in [-0.3, -0.25) is 4.79 Å². The molecular formula is C29H29NO7. The van der Waals surface area contributed by atoms with Crippen LogP contribution in [0.1, 0.15) is 27.7 Å². The van der Waals surface area contributed by atoms with Crippen LogP contribution < -0.4 is 23.7 Å². The van der Waals surface area contributed by atoms with Crippen molar-refractivity contribution in [1.29, 1.82) is 0 Å². The van der Waals surface area contributed by atoms with Gasteiger partial charge in [-0.1, -0.05) is 12.1 Å². The molecule has 0 bridgehead atoms. The molecule has 1 aliphatic heterocycles. The van der Waals surface area contributed by atoms with Gasteiger partial charge in [0.15, 0.2) is 28.6 Å². The van der Waals surface area contributed by atoms with Crippen molar-refractivity contribution in [2.75, 3.05) is 41.6 Å². The van der Waals surface area contributed by atoms with Crippen LogP contribution >= 0.6 is 0 Å². The summed E-state index contributed by atoms with van der Waals surface area (Å²) in [4.78, 5) is 15.6. The number of para-hydroxylation sites is 1. The summed E-state index contributed by atoms with van der Waals surface area (Å²) in [7, 11) is 6.41. The van der Waals surface area contributed by atoms with Gasteiger partial charge < -0.3 is 33.0 Å². The van der Waals surface area contributed by atoms with E-state index < -0.39 is 0 Å². The minimum absolute atomic E-state index is 0.220. The first-order valence-corrected chi connectivity index (χ1v) is 12.0. The molecule has 0 saturated heterocycles. The van der Waals surface area contributed by atoms with Gasteiger partial charge in [-0.2, -0.15) is 0 Å². The molecule has 3 aromatic carbocycles. The Morgan fingerprint density at radius 2 is 1.57 bits per heavy atom. The highest BCUT2D eigenvalue weighted by Crippen LogP contribution is 2.39. The number of hydrogen-bond donors (Lipinski definition) is 0. The summed E-state index contributed by atoms with van der Waals surface area (Å²) in [5.74, 6) is 3.27. The Hall–Kier alpha value is -4.33. The van der Waals surface area contributed by atoms with Crippen molar-refractivity contribution in [2.45, 2.75) is 12.5 Å². The van der Waals surface area contributed by atoms with E-state index >= 15 is 0 Å². The van der Waals surface area contributed by atoms with Crippen LogP contribution in [0.5, 0.6) is 28.7 Å². The van der Waals surface area contributed by atoms with Crippen LogP contribution in [0.25, 0.3) is 11.0 Å². The van der Waals surface area contributed by atoms with Crippen LogP contribution in [-0.4, -0.2) is 52.4 Å². The van der Waals surface area contributed by atoms with Gasteiger partial charge in [0.2, 0.25) is 0 Å². The second kappa shape index (κ2) is 10.3. The molecule has 0 fully saturated rings. The molecule has 5 rings (SSSR count). The average molecular weight is 504 g/mol. The lowest BCUT2D eigenvalue weighted by Crippen LogP contribution is -2.42. The van der Waals surface area contributed by atoms with Crippen molar-refractivity contribution in [3.05, 3.63) is 77.6 Å². The van der Waals surface area contributed by atoms with E-state index in [1.807, 2.05) is 54.6 Å². The summed E-state index contributed by atoms with van der Waals surface area (Å²) < 4.78 is 33.9. The van der Waals surface area contributed by atoms with Gasteiger partial charge in [0.25, 0.3) is 5.91 Å². The summed E-state index contributed by atoms with van der Waals surface area (Å²) in [5, 5.41) is 0.803. The van der Waals surface area contributed by atoms with Gasteiger partial charge in [-0.15, -0.1) is 0 Å². The molecule has 1 aromatic heterocycles. The van der Waals surface area contributed by atoms with Crippen molar-refractivity contribution in [3.63, 3.8) is 0 Å². The smallest absolute Gasteiger partial charge is 0.290 e. The Labute approximate surface area is 215 Å². The van der Waals surface area contributed by atoms with E-state index in [9.17, 15) is 4.79 Å². The second-order valence-corrected chi connectivity index (χ2v) is 8.65. The highest BCUT2D eigenvalue weighted by molar-refractivity contribution is 5.97. The summed E-state index contributed by atoms with van der Waals surface area (Å²) in [5.41, 5.74) is 2.57. The van der Waals surface area contributed by atoms with Crippen molar-refractivity contribution >= 4 is 16.9 Å². The van der Waals surface area contributed by atoms with Crippen LogP contribution in [0.3, 0.4) is 0 Å². The van der Waals surface area contributed by atoms with Crippen LogP contribution in [0.15, 0.2) is 65.1 Å². The fourth-order valence-corrected chi connectivity index (χ4v) is 4.74. The number of fused-ring (bicyclic) bond motifs is 2. The van der Waals surface area contributed by atoms with Crippen molar-refractivity contribution in [3.8, 4) is 28.7 Å². The van der Waals surface area contributed by atoms with Gasteiger partial charge in [0.05, 0.1) is 34.5 Å². The minimum Gasteiger partial charge on any atom is -0.497 e. The number of rotatable bonds is 8. The molecule has 1 aliphatic rings. The SMILES string of the molecule is COc1ccc(OCC2c3cc(OC)c(OC)cc3CCN2C(=O)c2cc3cccc(OC)c3o2)cc1. The van der Waals surface area contributed by atoms with Gasteiger partial charge in [0, 0.05) is 11.9 Å². The number of nitrogens with zero attached hydrogens (tertiary/aromatic N) is 1. The number of carbonyl (C=O) groups excluding carboxylic acids is 1. The minimum atomic E-state index is -0.381. The van der Waals surface area contributed by atoms with Gasteiger partial charge in [-0.05, 0) is 66.1 Å². The van der Waals surface area contributed by atoms with E-state index in [4.69, 9.17) is 28.1 Å². The number of benzene rings is 3. The van der Waals surface area contributed by atoms with Crippen LogP contribution in [-0.2, 0) is 6.42 Å². The number of methoxy groups -OCH3 is 4. The lowest BCUT2D eigenvalue weighted by atomic mass is 9.92. The summed E-state index contributed by atoms with van der Waals surface area (Å²) in [6.45, 7) is 0.732. The normalized spacial score (nSPS) is 14.7. The molecule has 1 atom stereocenters. The molecular weight excluding hydrogens is 474 g/mol. The number of furan rings is 1. The number of amides is 1. The maximum Gasteiger partial charge on any atom is 0.290 e. The zero-order valence-electron chi connectivity index (χ0n) is 21.3. The van der Waals surface area contributed by atoms with Gasteiger partial charge >= 0.3 is 0 Å². The summed E-state index contributed by atoms with van der Waals surface area (Å²) >= 11 is 0. The molecule has 0 radical (unpaired) electrons. The predicted molar refractivity (Wildman–Crippen MR) is 138 cm³/mol. The molecule has 2 heterocycles. The predicted octanol–water partition coefficient (Wildman–Crippen LogP) is 5.29. The summed E-state index contributed by atoms with van der Waals surface area (Å²) in [6.07, 6.45) is 0.657. The monoisotopic (exact) mass is 503 g/mol. The fraction of sp³-hybridized carbons (Fsp3) is 0.276. The quantitative estimate of drug-likeness (QED) is 0.323.